The number of aliphatic hydroxyl groups is 1. The van der Waals surface area contributed by atoms with Crippen LogP contribution in [0.2, 0.25) is 0 Å². The number of pyridine rings is 1. The number of aliphatic hydroxyl groups excluding tert-OH is 1. The smallest absolute Gasteiger partial charge is 0.214 e. The molecule has 0 spiro atoms. The Bertz CT molecular complexity index is 518. The summed E-state index contributed by atoms with van der Waals surface area (Å²) in [6.45, 7) is 0. The Morgan fingerprint density at radius 1 is 1.35 bits per heavy atom. The summed E-state index contributed by atoms with van der Waals surface area (Å²) in [6, 6.07) is 5.20. The molecule has 0 radical (unpaired) electrons. The van der Waals surface area contributed by atoms with Gasteiger partial charge in [-0.1, -0.05) is 18.9 Å². The average Bonchev–Trinajstić information content (AvgIpc) is 2.46. The number of aryl methyl sites for hydroxylation is 1. The Kier molecular flexibility index (Phi) is 5.12. The molecule has 1 saturated carbocycles. The molecule has 0 amide bonds. The minimum atomic E-state index is -3.36. The van der Waals surface area contributed by atoms with Crippen molar-refractivity contribution in [2.75, 3.05) is 12.8 Å². The van der Waals surface area contributed by atoms with E-state index in [1.165, 1.54) is 4.31 Å². The van der Waals surface area contributed by atoms with Gasteiger partial charge in [0, 0.05) is 25.4 Å². The van der Waals surface area contributed by atoms with Crippen LogP contribution in [-0.2, 0) is 16.4 Å². The number of hydrogen-bond donors (Lipinski definition) is 1. The summed E-state index contributed by atoms with van der Waals surface area (Å²) in [6.07, 6.45) is 4.89. The molecule has 1 heterocycles. The topological polar surface area (TPSA) is 70.5 Å². The van der Waals surface area contributed by atoms with Crippen molar-refractivity contribution < 1.29 is 13.5 Å². The molecule has 2 rings (SSSR count). The highest BCUT2D eigenvalue weighted by atomic mass is 32.2. The van der Waals surface area contributed by atoms with E-state index in [1.807, 2.05) is 18.2 Å². The number of rotatable bonds is 5. The van der Waals surface area contributed by atoms with Gasteiger partial charge in [0.05, 0.1) is 17.9 Å². The first-order valence-corrected chi connectivity index (χ1v) is 8.65. The molecule has 2 unspecified atom stereocenters. The third kappa shape index (κ3) is 3.77. The van der Waals surface area contributed by atoms with E-state index in [0.717, 1.165) is 25.0 Å². The molecule has 112 valence electrons. The van der Waals surface area contributed by atoms with Crippen molar-refractivity contribution >= 4 is 10.0 Å². The molecule has 6 heteroatoms. The van der Waals surface area contributed by atoms with Crippen molar-refractivity contribution in [2.45, 2.75) is 44.2 Å². The van der Waals surface area contributed by atoms with Crippen molar-refractivity contribution in [3.63, 3.8) is 0 Å². The Hall–Kier alpha value is -0.980. The fraction of sp³-hybridized carbons (Fsp3) is 0.643. The van der Waals surface area contributed by atoms with Crippen LogP contribution in [0.3, 0.4) is 0 Å². The minimum Gasteiger partial charge on any atom is -0.391 e. The maximum Gasteiger partial charge on any atom is 0.214 e. The van der Waals surface area contributed by atoms with E-state index in [2.05, 4.69) is 4.98 Å². The van der Waals surface area contributed by atoms with Crippen LogP contribution in [0.15, 0.2) is 24.4 Å². The maximum absolute atomic E-state index is 12.3. The zero-order valence-corrected chi connectivity index (χ0v) is 12.6. The minimum absolute atomic E-state index is 0.0315. The van der Waals surface area contributed by atoms with E-state index in [4.69, 9.17) is 0 Å². The van der Waals surface area contributed by atoms with E-state index in [0.29, 0.717) is 12.8 Å². The van der Waals surface area contributed by atoms with Crippen molar-refractivity contribution in [1.82, 2.24) is 9.29 Å². The maximum atomic E-state index is 12.3. The highest BCUT2D eigenvalue weighted by molar-refractivity contribution is 7.89. The lowest BCUT2D eigenvalue weighted by Gasteiger charge is -2.34. The second-order valence-corrected chi connectivity index (χ2v) is 7.47. The number of nitrogens with zero attached hydrogens (tertiary/aromatic N) is 2. The van der Waals surface area contributed by atoms with Crippen molar-refractivity contribution in [3.05, 3.63) is 30.1 Å². The molecule has 1 aromatic rings. The van der Waals surface area contributed by atoms with E-state index in [9.17, 15) is 13.5 Å². The largest absolute Gasteiger partial charge is 0.391 e. The Labute approximate surface area is 120 Å². The van der Waals surface area contributed by atoms with Crippen LogP contribution >= 0.6 is 0 Å². The summed E-state index contributed by atoms with van der Waals surface area (Å²) in [5.41, 5.74) is 0.772. The fourth-order valence-corrected chi connectivity index (χ4v) is 4.06. The predicted octanol–water partition coefficient (Wildman–Crippen LogP) is 1.19. The van der Waals surface area contributed by atoms with Gasteiger partial charge >= 0.3 is 0 Å². The monoisotopic (exact) mass is 298 g/mol. The van der Waals surface area contributed by atoms with Crippen molar-refractivity contribution in [3.8, 4) is 0 Å². The Morgan fingerprint density at radius 3 is 2.75 bits per heavy atom. The van der Waals surface area contributed by atoms with E-state index >= 15 is 0 Å². The first kappa shape index (κ1) is 15.4. The van der Waals surface area contributed by atoms with Gasteiger partial charge in [0.2, 0.25) is 10.0 Å². The molecular weight excluding hydrogens is 276 g/mol. The quantitative estimate of drug-likeness (QED) is 0.886. The van der Waals surface area contributed by atoms with E-state index in [1.54, 1.807) is 13.2 Å². The Balaban J connectivity index is 1.98. The molecule has 2 atom stereocenters. The average molecular weight is 298 g/mol. The summed E-state index contributed by atoms with van der Waals surface area (Å²) >= 11 is 0. The first-order chi connectivity index (χ1) is 9.50. The van der Waals surface area contributed by atoms with Gasteiger partial charge in [0.25, 0.3) is 0 Å². The fourth-order valence-electron chi connectivity index (χ4n) is 2.65. The highest BCUT2D eigenvalue weighted by Crippen LogP contribution is 2.24. The van der Waals surface area contributed by atoms with Crippen LogP contribution in [-0.4, -0.2) is 47.8 Å². The van der Waals surface area contributed by atoms with Gasteiger partial charge in [-0.15, -0.1) is 0 Å². The van der Waals surface area contributed by atoms with Gasteiger partial charge in [0.1, 0.15) is 0 Å². The van der Waals surface area contributed by atoms with Crippen LogP contribution in [0.25, 0.3) is 0 Å². The number of hydrogen-bond acceptors (Lipinski definition) is 4. The molecule has 0 saturated heterocycles. The van der Waals surface area contributed by atoms with Gasteiger partial charge in [-0.05, 0) is 25.0 Å². The molecule has 1 N–H and O–H groups in total. The van der Waals surface area contributed by atoms with Crippen LogP contribution in [0.5, 0.6) is 0 Å². The van der Waals surface area contributed by atoms with Crippen LogP contribution in [0, 0.1) is 0 Å². The lowest BCUT2D eigenvalue weighted by Crippen LogP contribution is -2.47. The van der Waals surface area contributed by atoms with Gasteiger partial charge in [-0.3, -0.25) is 4.98 Å². The summed E-state index contributed by atoms with van der Waals surface area (Å²) < 4.78 is 26.0. The molecule has 0 aromatic carbocycles. The summed E-state index contributed by atoms with van der Waals surface area (Å²) in [4.78, 5) is 4.14. The van der Waals surface area contributed by atoms with E-state index in [-0.39, 0.29) is 11.8 Å². The van der Waals surface area contributed by atoms with Gasteiger partial charge in [-0.25, -0.2) is 8.42 Å². The zero-order chi connectivity index (χ0) is 14.6. The van der Waals surface area contributed by atoms with Gasteiger partial charge in [-0.2, -0.15) is 4.31 Å². The SMILES string of the molecule is CN(C1CCCCC1O)S(=O)(=O)CCc1ccccn1. The lowest BCUT2D eigenvalue weighted by molar-refractivity contribution is 0.0638. The second-order valence-electron chi connectivity index (χ2n) is 5.32. The van der Waals surface area contributed by atoms with Crippen molar-refractivity contribution in [2.24, 2.45) is 0 Å². The first-order valence-electron chi connectivity index (χ1n) is 7.04. The number of sulfonamides is 1. The molecule has 0 aliphatic heterocycles. The Morgan fingerprint density at radius 2 is 2.10 bits per heavy atom. The predicted molar refractivity (Wildman–Crippen MR) is 77.8 cm³/mol. The number of likely N-dealkylation sites (N-methyl/N-ethyl adjacent to an activating group) is 1. The zero-order valence-electron chi connectivity index (χ0n) is 11.8. The summed E-state index contributed by atoms with van der Waals surface area (Å²) in [5.74, 6) is 0.0315. The van der Waals surface area contributed by atoms with Crippen molar-refractivity contribution in [1.29, 1.82) is 0 Å². The van der Waals surface area contributed by atoms with Crippen LogP contribution < -0.4 is 0 Å². The van der Waals surface area contributed by atoms with Crippen LogP contribution in [0.1, 0.15) is 31.4 Å². The third-order valence-corrected chi connectivity index (χ3v) is 5.81. The molecule has 1 aliphatic rings. The molecule has 5 nitrogen and oxygen atoms in total. The standard InChI is InChI=1S/C14H22N2O3S/c1-16(13-7-2-3-8-14(13)17)20(18,19)11-9-12-6-4-5-10-15-12/h4-6,10,13-14,17H,2-3,7-9,11H2,1H3. The molecular formula is C14H22N2O3S. The summed E-state index contributed by atoms with van der Waals surface area (Å²) in [7, 11) is -1.78. The highest BCUT2D eigenvalue weighted by Gasteiger charge is 2.32. The molecule has 1 aliphatic carbocycles. The number of aromatic nitrogens is 1. The molecule has 0 bridgehead atoms. The van der Waals surface area contributed by atoms with Gasteiger partial charge < -0.3 is 5.11 Å². The third-order valence-electron chi connectivity index (χ3n) is 3.94. The van der Waals surface area contributed by atoms with Gasteiger partial charge in [0.15, 0.2) is 0 Å². The second kappa shape index (κ2) is 6.65. The van der Waals surface area contributed by atoms with E-state index < -0.39 is 16.1 Å². The lowest BCUT2D eigenvalue weighted by atomic mass is 9.93. The summed E-state index contributed by atoms with van der Waals surface area (Å²) in [5, 5.41) is 9.97. The molecule has 20 heavy (non-hydrogen) atoms. The molecule has 1 fully saturated rings. The normalized spacial score (nSPS) is 23.9. The van der Waals surface area contributed by atoms with Crippen LogP contribution in [0.4, 0.5) is 0 Å². The molecule has 1 aromatic heterocycles.